The van der Waals surface area contributed by atoms with Gasteiger partial charge >= 0.3 is 5.97 Å². The van der Waals surface area contributed by atoms with Gasteiger partial charge in [-0.2, -0.15) is 0 Å². The highest BCUT2D eigenvalue weighted by Crippen LogP contribution is 2.25. The van der Waals surface area contributed by atoms with Crippen LogP contribution in [0.3, 0.4) is 0 Å². The van der Waals surface area contributed by atoms with Gasteiger partial charge in [-0.25, -0.2) is 4.79 Å². The molecule has 3 heterocycles. The number of fused-ring (bicyclic) bond motifs is 1. The molecule has 0 bridgehead atoms. The van der Waals surface area contributed by atoms with Gasteiger partial charge in [-0.05, 0) is 52.2 Å². The van der Waals surface area contributed by atoms with E-state index < -0.39 is 0 Å². The van der Waals surface area contributed by atoms with Crippen molar-refractivity contribution in [3.63, 3.8) is 0 Å². The fourth-order valence-electron chi connectivity index (χ4n) is 3.94. The maximum atomic E-state index is 13.0. The summed E-state index contributed by atoms with van der Waals surface area (Å²) in [5.74, 6) is -0.321. The monoisotopic (exact) mass is 345 g/mol. The van der Waals surface area contributed by atoms with E-state index in [9.17, 15) is 9.59 Å². The molecule has 0 spiro atoms. The number of hydrogen-bond acceptors (Lipinski definition) is 3. The van der Waals surface area contributed by atoms with Crippen molar-refractivity contribution in [3.05, 3.63) is 24.0 Å². The molecule has 0 saturated carbocycles. The molecule has 1 aliphatic rings. The number of aromatic nitrogens is 2. The lowest BCUT2D eigenvalue weighted by atomic mass is 9.97. The Hall–Kier alpha value is -2.24. The molecule has 1 amide bonds. The molecule has 0 aliphatic carbocycles. The third-order valence-corrected chi connectivity index (χ3v) is 5.21. The van der Waals surface area contributed by atoms with Crippen LogP contribution >= 0.6 is 0 Å². The van der Waals surface area contributed by atoms with Crippen LogP contribution in [0.25, 0.3) is 11.0 Å². The molecule has 2 aromatic rings. The first-order valence-electron chi connectivity index (χ1n) is 9.06. The van der Waals surface area contributed by atoms with Gasteiger partial charge in [0.15, 0.2) is 0 Å². The van der Waals surface area contributed by atoms with Crippen LogP contribution in [-0.4, -0.2) is 44.6 Å². The fraction of sp³-hybridized carbons (Fsp3) is 0.579. The second-order valence-electron chi connectivity index (χ2n) is 6.96. The average molecular weight is 345 g/mol. The molecule has 1 fully saturated rings. The highest BCUT2D eigenvalue weighted by Gasteiger charge is 2.30. The molecule has 1 saturated heterocycles. The Balaban J connectivity index is 1.95. The lowest BCUT2D eigenvalue weighted by Crippen LogP contribution is -2.48. The van der Waals surface area contributed by atoms with Crippen LogP contribution in [0.2, 0.25) is 0 Å². The standard InChI is InChI=1S/C19H27N3O3/c1-5-25-19(24)17-11-16-15(9-10-20(16)4)21(17)12-18(23)22-13(2)7-6-8-14(22)3/h9-11,13-14H,5-8,12H2,1-4H3/t13-,14+. The highest BCUT2D eigenvalue weighted by molar-refractivity contribution is 5.96. The number of rotatable bonds is 4. The van der Waals surface area contributed by atoms with Crippen molar-refractivity contribution in [2.24, 2.45) is 7.05 Å². The molecule has 0 unspecified atom stereocenters. The SMILES string of the molecule is CCOC(=O)c1cc2c(ccn2C)n1CC(=O)N1[C@H](C)CCC[C@@H]1C. The Bertz CT molecular complexity index is 779. The van der Waals surface area contributed by atoms with E-state index in [1.54, 1.807) is 11.5 Å². The second kappa shape index (κ2) is 6.94. The van der Waals surface area contributed by atoms with Gasteiger partial charge in [0.1, 0.15) is 12.2 Å². The van der Waals surface area contributed by atoms with Gasteiger partial charge in [0.05, 0.1) is 17.6 Å². The van der Waals surface area contributed by atoms with E-state index >= 15 is 0 Å². The summed E-state index contributed by atoms with van der Waals surface area (Å²) in [6.07, 6.45) is 5.17. The summed E-state index contributed by atoms with van der Waals surface area (Å²) in [7, 11) is 1.93. The van der Waals surface area contributed by atoms with E-state index in [4.69, 9.17) is 4.74 Å². The zero-order chi connectivity index (χ0) is 18.1. The summed E-state index contributed by atoms with van der Waals surface area (Å²) in [6, 6.07) is 4.23. The summed E-state index contributed by atoms with van der Waals surface area (Å²) in [6.45, 7) is 6.47. The quantitative estimate of drug-likeness (QED) is 0.801. The molecule has 0 radical (unpaired) electrons. The van der Waals surface area contributed by atoms with Crippen LogP contribution in [-0.2, 0) is 23.1 Å². The van der Waals surface area contributed by atoms with Crippen molar-refractivity contribution in [1.29, 1.82) is 0 Å². The summed E-state index contributed by atoms with van der Waals surface area (Å²) in [4.78, 5) is 27.3. The minimum absolute atomic E-state index is 0.0617. The van der Waals surface area contributed by atoms with Crippen LogP contribution in [0, 0.1) is 0 Å². The molecular weight excluding hydrogens is 318 g/mol. The Morgan fingerprint density at radius 2 is 1.88 bits per heavy atom. The topological polar surface area (TPSA) is 56.5 Å². The van der Waals surface area contributed by atoms with Crippen molar-refractivity contribution in [3.8, 4) is 0 Å². The normalized spacial score (nSPS) is 20.9. The van der Waals surface area contributed by atoms with Crippen LogP contribution in [0.1, 0.15) is 50.5 Å². The van der Waals surface area contributed by atoms with Crippen LogP contribution in [0.15, 0.2) is 18.3 Å². The van der Waals surface area contributed by atoms with Crippen molar-refractivity contribution < 1.29 is 14.3 Å². The molecule has 6 heteroatoms. The van der Waals surface area contributed by atoms with Crippen LogP contribution in [0.4, 0.5) is 0 Å². The van der Waals surface area contributed by atoms with E-state index in [0.717, 1.165) is 30.3 Å². The summed E-state index contributed by atoms with van der Waals surface area (Å²) < 4.78 is 8.93. The smallest absolute Gasteiger partial charge is 0.355 e. The predicted molar refractivity (Wildman–Crippen MR) is 96.5 cm³/mol. The zero-order valence-corrected chi connectivity index (χ0v) is 15.5. The molecule has 2 aromatic heterocycles. The lowest BCUT2D eigenvalue weighted by Gasteiger charge is -2.39. The second-order valence-corrected chi connectivity index (χ2v) is 6.96. The number of piperidine rings is 1. The molecule has 2 atom stereocenters. The number of likely N-dealkylation sites (tertiary alicyclic amines) is 1. The third-order valence-electron chi connectivity index (χ3n) is 5.21. The number of amides is 1. The maximum absolute atomic E-state index is 13.0. The number of hydrogen-bond donors (Lipinski definition) is 0. The number of carbonyl (C=O) groups excluding carboxylic acids is 2. The van der Waals surface area contributed by atoms with E-state index in [0.29, 0.717) is 12.3 Å². The maximum Gasteiger partial charge on any atom is 0.355 e. The third kappa shape index (κ3) is 3.17. The van der Waals surface area contributed by atoms with Crippen molar-refractivity contribution in [1.82, 2.24) is 14.0 Å². The molecule has 136 valence electrons. The van der Waals surface area contributed by atoms with E-state index in [1.807, 2.05) is 34.8 Å². The van der Waals surface area contributed by atoms with E-state index in [1.165, 1.54) is 0 Å². The number of nitrogens with zero attached hydrogens (tertiary/aromatic N) is 3. The molecular formula is C19H27N3O3. The number of ether oxygens (including phenoxy) is 1. The van der Waals surface area contributed by atoms with Gasteiger partial charge in [-0.1, -0.05) is 0 Å². The summed E-state index contributed by atoms with van der Waals surface area (Å²) in [5, 5.41) is 0. The molecule has 25 heavy (non-hydrogen) atoms. The van der Waals surface area contributed by atoms with Gasteiger partial charge in [-0.3, -0.25) is 4.79 Å². The molecule has 6 nitrogen and oxygen atoms in total. The zero-order valence-electron chi connectivity index (χ0n) is 15.5. The number of carbonyl (C=O) groups is 2. The minimum atomic E-state index is -0.383. The minimum Gasteiger partial charge on any atom is -0.461 e. The molecule has 0 aromatic carbocycles. The Morgan fingerprint density at radius 1 is 1.20 bits per heavy atom. The van der Waals surface area contributed by atoms with Gasteiger partial charge < -0.3 is 18.8 Å². The van der Waals surface area contributed by atoms with Gasteiger partial charge in [0.25, 0.3) is 0 Å². The first-order valence-corrected chi connectivity index (χ1v) is 9.06. The first kappa shape index (κ1) is 17.6. The Labute approximate surface area is 148 Å². The molecule has 0 N–H and O–H groups in total. The average Bonchev–Trinajstić information content (AvgIpc) is 3.08. The predicted octanol–water partition coefficient (Wildman–Crippen LogP) is 2.95. The fourth-order valence-corrected chi connectivity index (χ4v) is 3.94. The molecule has 3 rings (SSSR count). The number of esters is 1. The molecule has 1 aliphatic heterocycles. The highest BCUT2D eigenvalue weighted by atomic mass is 16.5. The van der Waals surface area contributed by atoms with E-state index in [2.05, 4.69) is 13.8 Å². The Morgan fingerprint density at radius 3 is 2.52 bits per heavy atom. The first-order chi connectivity index (χ1) is 11.9. The van der Waals surface area contributed by atoms with Crippen molar-refractivity contribution in [2.45, 2.75) is 58.7 Å². The van der Waals surface area contributed by atoms with Crippen LogP contribution < -0.4 is 0 Å². The van der Waals surface area contributed by atoms with Gasteiger partial charge in [0, 0.05) is 25.3 Å². The summed E-state index contributed by atoms with van der Waals surface area (Å²) in [5.41, 5.74) is 2.25. The lowest BCUT2D eigenvalue weighted by molar-refractivity contribution is -0.137. The van der Waals surface area contributed by atoms with Gasteiger partial charge in [0.2, 0.25) is 5.91 Å². The van der Waals surface area contributed by atoms with Crippen LogP contribution in [0.5, 0.6) is 0 Å². The Kier molecular flexibility index (Phi) is 4.88. The van der Waals surface area contributed by atoms with E-state index in [-0.39, 0.29) is 30.5 Å². The summed E-state index contributed by atoms with van der Waals surface area (Å²) >= 11 is 0. The largest absolute Gasteiger partial charge is 0.461 e. The van der Waals surface area contributed by atoms with Crippen molar-refractivity contribution >= 4 is 22.9 Å². The van der Waals surface area contributed by atoms with Crippen molar-refractivity contribution in [2.75, 3.05) is 6.61 Å². The van der Waals surface area contributed by atoms with Gasteiger partial charge in [-0.15, -0.1) is 0 Å². The number of aryl methyl sites for hydroxylation is 1.